The Balaban J connectivity index is 1.26. The van der Waals surface area contributed by atoms with E-state index in [0.29, 0.717) is 24.0 Å². The maximum Gasteiger partial charge on any atom is 0.239 e. The molecule has 0 saturated carbocycles. The summed E-state index contributed by atoms with van der Waals surface area (Å²) in [5, 5.41) is 9.88. The van der Waals surface area contributed by atoms with Crippen molar-refractivity contribution in [1.82, 2.24) is 20.0 Å². The van der Waals surface area contributed by atoms with E-state index in [-0.39, 0.29) is 5.91 Å². The van der Waals surface area contributed by atoms with Crippen molar-refractivity contribution >= 4 is 23.2 Å². The maximum atomic E-state index is 12.2. The van der Waals surface area contributed by atoms with Gasteiger partial charge in [0, 0.05) is 23.9 Å². The van der Waals surface area contributed by atoms with Crippen LogP contribution in [0.5, 0.6) is 0 Å². The number of nitrogens with one attached hydrogen (secondary N) is 2. The molecular formula is C22H26N6O2. The first kappa shape index (κ1) is 20.0. The number of amides is 1. The highest BCUT2D eigenvalue weighted by Crippen LogP contribution is 2.27. The van der Waals surface area contributed by atoms with Gasteiger partial charge in [-0.2, -0.15) is 0 Å². The topological polar surface area (TPSA) is 96.2 Å². The van der Waals surface area contributed by atoms with Gasteiger partial charge >= 0.3 is 0 Å². The monoisotopic (exact) mass is 406 g/mol. The predicted octanol–water partition coefficient (Wildman–Crippen LogP) is 3.64. The van der Waals surface area contributed by atoms with Crippen LogP contribution >= 0.6 is 0 Å². The van der Waals surface area contributed by atoms with Crippen molar-refractivity contribution in [3.05, 3.63) is 59.7 Å². The van der Waals surface area contributed by atoms with Crippen LogP contribution in [0.3, 0.4) is 0 Å². The van der Waals surface area contributed by atoms with E-state index < -0.39 is 0 Å². The van der Waals surface area contributed by atoms with E-state index in [1.807, 2.05) is 25.3 Å². The summed E-state index contributed by atoms with van der Waals surface area (Å²) >= 11 is 0. The molecule has 0 radical (unpaired) electrons. The second-order valence-corrected chi connectivity index (χ2v) is 7.69. The third-order valence-electron chi connectivity index (χ3n) is 5.33. The highest BCUT2D eigenvalue weighted by atomic mass is 16.5. The molecule has 4 heterocycles. The van der Waals surface area contributed by atoms with Gasteiger partial charge in [0.05, 0.1) is 18.4 Å². The maximum absolute atomic E-state index is 12.2. The third-order valence-corrected chi connectivity index (χ3v) is 5.33. The molecule has 1 amide bonds. The van der Waals surface area contributed by atoms with Gasteiger partial charge in [0.25, 0.3) is 0 Å². The SMILES string of the molecule is Cc1cc(NC(=O)CN2CCC(c3ccc(Nc4ncccc4C)cn3)CC2)no1. The molecule has 2 N–H and O–H groups in total. The Morgan fingerprint density at radius 3 is 2.70 bits per heavy atom. The molecule has 0 unspecified atom stereocenters. The average Bonchev–Trinajstić information content (AvgIpc) is 3.15. The lowest BCUT2D eigenvalue weighted by molar-refractivity contribution is -0.117. The van der Waals surface area contributed by atoms with Crippen molar-refractivity contribution in [3.63, 3.8) is 0 Å². The zero-order valence-corrected chi connectivity index (χ0v) is 17.3. The van der Waals surface area contributed by atoms with Gasteiger partial charge in [-0.25, -0.2) is 4.98 Å². The van der Waals surface area contributed by atoms with Crippen LogP contribution in [0.25, 0.3) is 0 Å². The van der Waals surface area contributed by atoms with E-state index in [9.17, 15) is 4.79 Å². The summed E-state index contributed by atoms with van der Waals surface area (Å²) in [6, 6.07) is 9.80. The van der Waals surface area contributed by atoms with Gasteiger partial charge in [-0.3, -0.25) is 14.7 Å². The zero-order chi connectivity index (χ0) is 20.9. The lowest BCUT2D eigenvalue weighted by Crippen LogP contribution is -2.38. The summed E-state index contributed by atoms with van der Waals surface area (Å²) in [7, 11) is 0. The number of anilines is 3. The molecule has 1 saturated heterocycles. The number of carbonyl (C=O) groups is 1. The minimum Gasteiger partial charge on any atom is -0.360 e. The lowest BCUT2D eigenvalue weighted by atomic mass is 9.93. The number of hydrogen-bond acceptors (Lipinski definition) is 7. The van der Waals surface area contributed by atoms with Crippen molar-refractivity contribution in [2.75, 3.05) is 30.3 Å². The van der Waals surface area contributed by atoms with Crippen LogP contribution in [0.4, 0.5) is 17.3 Å². The van der Waals surface area contributed by atoms with Crippen LogP contribution in [0.1, 0.15) is 35.8 Å². The molecule has 0 bridgehead atoms. The normalized spacial score (nSPS) is 15.1. The van der Waals surface area contributed by atoms with Crippen LogP contribution in [0.2, 0.25) is 0 Å². The lowest BCUT2D eigenvalue weighted by Gasteiger charge is -2.31. The standard InChI is InChI=1S/C22H26N6O2/c1-15-4-3-9-23-22(15)25-18-5-6-19(24-13-18)17-7-10-28(11-8-17)14-21(29)26-20-12-16(2)30-27-20/h3-6,9,12-13,17H,7-8,10-11,14H2,1-2H3,(H,23,25)(H,26,27,29). The van der Waals surface area contributed by atoms with Gasteiger partial charge in [-0.05, 0) is 63.5 Å². The average molecular weight is 406 g/mol. The fourth-order valence-corrected chi connectivity index (χ4v) is 3.67. The molecule has 1 aliphatic heterocycles. The van der Waals surface area contributed by atoms with Gasteiger partial charge in [0.15, 0.2) is 5.82 Å². The number of hydrogen-bond donors (Lipinski definition) is 2. The number of nitrogens with zero attached hydrogens (tertiary/aromatic N) is 4. The molecule has 4 rings (SSSR count). The summed E-state index contributed by atoms with van der Waals surface area (Å²) in [5.74, 6) is 2.33. The van der Waals surface area contributed by atoms with Crippen LogP contribution in [0, 0.1) is 13.8 Å². The number of aromatic nitrogens is 3. The Hall–Kier alpha value is -3.26. The second kappa shape index (κ2) is 9.04. The van der Waals surface area contributed by atoms with E-state index in [4.69, 9.17) is 4.52 Å². The fraction of sp³-hybridized carbons (Fsp3) is 0.364. The summed E-state index contributed by atoms with van der Waals surface area (Å²) in [5.41, 5.74) is 3.12. The zero-order valence-electron chi connectivity index (χ0n) is 17.3. The minimum atomic E-state index is -0.0693. The molecule has 0 aromatic carbocycles. The Kier molecular flexibility index (Phi) is 6.04. The number of pyridine rings is 2. The molecule has 1 aliphatic rings. The van der Waals surface area contributed by atoms with E-state index in [0.717, 1.165) is 48.7 Å². The number of likely N-dealkylation sites (tertiary alicyclic amines) is 1. The Morgan fingerprint density at radius 2 is 2.03 bits per heavy atom. The largest absolute Gasteiger partial charge is 0.360 e. The van der Waals surface area contributed by atoms with Gasteiger partial charge in [-0.1, -0.05) is 11.2 Å². The van der Waals surface area contributed by atoms with Crippen molar-refractivity contribution in [1.29, 1.82) is 0 Å². The van der Waals surface area contributed by atoms with E-state index in [2.05, 4.69) is 42.8 Å². The Bertz CT molecular complexity index is 993. The first-order valence-corrected chi connectivity index (χ1v) is 10.2. The first-order chi connectivity index (χ1) is 14.6. The number of piperidine rings is 1. The van der Waals surface area contributed by atoms with Crippen LogP contribution < -0.4 is 10.6 Å². The highest BCUT2D eigenvalue weighted by Gasteiger charge is 2.23. The molecule has 3 aromatic heterocycles. The van der Waals surface area contributed by atoms with Crippen LogP contribution in [-0.2, 0) is 4.79 Å². The third kappa shape index (κ3) is 5.01. The summed E-state index contributed by atoms with van der Waals surface area (Å²) in [4.78, 5) is 23.4. The minimum absolute atomic E-state index is 0.0693. The van der Waals surface area contributed by atoms with Crippen molar-refractivity contribution < 1.29 is 9.32 Å². The summed E-state index contributed by atoms with van der Waals surface area (Å²) in [6.45, 7) is 5.91. The number of carbonyl (C=O) groups excluding carboxylic acids is 1. The molecular weight excluding hydrogens is 380 g/mol. The fourth-order valence-electron chi connectivity index (χ4n) is 3.67. The molecule has 8 nitrogen and oxygen atoms in total. The van der Waals surface area contributed by atoms with E-state index in [1.54, 1.807) is 19.2 Å². The summed E-state index contributed by atoms with van der Waals surface area (Å²) < 4.78 is 4.97. The molecule has 30 heavy (non-hydrogen) atoms. The van der Waals surface area contributed by atoms with Gasteiger partial charge in [0.1, 0.15) is 11.6 Å². The van der Waals surface area contributed by atoms with Crippen molar-refractivity contribution in [3.8, 4) is 0 Å². The number of rotatable bonds is 6. The molecule has 0 atom stereocenters. The first-order valence-electron chi connectivity index (χ1n) is 10.2. The van der Waals surface area contributed by atoms with Crippen molar-refractivity contribution in [2.45, 2.75) is 32.6 Å². The van der Waals surface area contributed by atoms with Gasteiger partial charge in [-0.15, -0.1) is 0 Å². The van der Waals surface area contributed by atoms with Crippen molar-refractivity contribution in [2.24, 2.45) is 0 Å². The predicted molar refractivity (Wildman–Crippen MR) is 115 cm³/mol. The highest BCUT2D eigenvalue weighted by molar-refractivity contribution is 5.91. The molecule has 3 aromatic rings. The molecule has 0 aliphatic carbocycles. The van der Waals surface area contributed by atoms with Gasteiger partial charge in [0.2, 0.25) is 5.91 Å². The molecule has 1 fully saturated rings. The second-order valence-electron chi connectivity index (χ2n) is 7.69. The number of aryl methyl sites for hydroxylation is 2. The Morgan fingerprint density at radius 1 is 1.20 bits per heavy atom. The Labute approximate surface area is 175 Å². The quantitative estimate of drug-likeness (QED) is 0.645. The molecule has 0 spiro atoms. The van der Waals surface area contributed by atoms with E-state index >= 15 is 0 Å². The van der Waals surface area contributed by atoms with Gasteiger partial charge < -0.3 is 15.2 Å². The molecule has 8 heteroatoms. The van der Waals surface area contributed by atoms with Crippen LogP contribution in [0.15, 0.2) is 47.2 Å². The van der Waals surface area contributed by atoms with Crippen LogP contribution in [-0.4, -0.2) is 45.6 Å². The summed E-state index contributed by atoms with van der Waals surface area (Å²) in [6.07, 6.45) is 5.60. The molecule has 156 valence electrons. The van der Waals surface area contributed by atoms with E-state index in [1.165, 1.54) is 0 Å². The smallest absolute Gasteiger partial charge is 0.239 e.